The monoisotopic (exact) mass is 593 g/mol. The van der Waals surface area contributed by atoms with Crippen molar-refractivity contribution in [1.29, 1.82) is 0 Å². The van der Waals surface area contributed by atoms with E-state index in [-0.39, 0.29) is 54.0 Å². The maximum Gasteiger partial charge on any atom is 0.223 e. The Morgan fingerprint density at radius 1 is 0.975 bits per heavy atom. The van der Waals surface area contributed by atoms with Crippen molar-refractivity contribution in [3.05, 3.63) is 65.5 Å². The zero-order valence-electron chi connectivity index (χ0n) is 24.1. The van der Waals surface area contributed by atoms with Crippen LogP contribution in [0.25, 0.3) is 0 Å². The lowest BCUT2D eigenvalue weighted by molar-refractivity contribution is -0.141. The van der Waals surface area contributed by atoms with Crippen molar-refractivity contribution in [2.45, 2.75) is 65.0 Å². The fourth-order valence-electron chi connectivity index (χ4n) is 6.07. The number of ether oxygens (including phenoxy) is 1. The number of halogens is 3. The van der Waals surface area contributed by atoms with Gasteiger partial charge in [0.2, 0.25) is 5.91 Å². The quantitative estimate of drug-likeness (QED) is 0.379. The van der Waals surface area contributed by atoms with Crippen molar-refractivity contribution in [2.75, 3.05) is 39.3 Å². The molecule has 3 fully saturated rings. The minimum atomic E-state index is -0.299. The predicted octanol–water partition coefficient (Wildman–Crippen LogP) is 6.50. The van der Waals surface area contributed by atoms with Crippen LogP contribution in [-0.2, 0) is 4.79 Å². The van der Waals surface area contributed by atoms with E-state index < -0.39 is 0 Å². The molecule has 2 aromatic carbocycles. The molecule has 2 heterocycles. The number of amides is 1. The van der Waals surface area contributed by atoms with E-state index in [1.54, 1.807) is 12.1 Å². The Morgan fingerprint density at radius 3 is 2.30 bits per heavy atom. The maximum absolute atomic E-state index is 15.2. The minimum Gasteiger partial charge on any atom is -0.490 e. The first-order chi connectivity index (χ1) is 18.3. The molecule has 0 spiro atoms. The molecule has 8 heteroatoms. The van der Waals surface area contributed by atoms with Gasteiger partial charge in [-0.25, -0.2) is 4.39 Å². The van der Waals surface area contributed by atoms with E-state index >= 15 is 4.39 Å². The number of carbonyl (C=O) groups is 1. The number of nitrogens with one attached hydrogen (secondary N) is 1. The van der Waals surface area contributed by atoms with Gasteiger partial charge in [0.05, 0.1) is 12.6 Å². The van der Waals surface area contributed by atoms with Gasteiger partial charge < -0.3 is 15.0 Å². The molecule has 2 saturated heterocycles. The third-order valence-corrected chi connectivity index (χ3v) is 8.58. The molecule has 1 N–H and O–H groups in total. The molecule has 2 aliphatic heterocycles. The van der Waals surface area contributed by atoms with E-state index in [1.165, 1.54) is 12.8 Å². The highest BCUT2D eigenvalue weighted by Gasteiger charge is 2.40. The smallest absolute Gasteiger partial charge is 0.223 e. The molecular weight excluding hydrogens is 548 g/mol. The molecule has 1 amide bonds. The summed E-state index contributed by atoms with van der Waals surface area (Å²) in [6.07, 6.45) is 5.15. The van der Waals surface area contributed by atoms with E-state index in [1.807, 2.05) is 24.3 Å². The van der Waals surface area contributed by atoms with Crippen molar-refractivity contribution in [3.8, 4) is 5.75 Å². The summed E-state index contributed by atoms with van der Waals surface area (Å²) in [5.41, 5.74) is 1.99. The minimum absolute atomic E-state index is 0. The van der Waals surface area contributed by atoms with Gasteiger partial charge in [-0.05, 0) is 79.3 Å². The van der Waals surface area contributed by atoms with E-state index in [9.17, 15) is 4.79 Å². The topological polar surface area (TPSA) is 44.8 Å². The second-order valence-corrected chi connectivity index (χ2v) is 12.6. The van der Waals surface area contributed by atoms with Crippen molar-refractivity contribution >= 4 is 30.7 Å². The Balaban J connectivity index is 0.00000220. The Morgan fingerprint density at radius 2 is 1.68 bits per heavy atom. The molecule has 2 aromatic rings. The summed E-state index contributed by atoms with van der Waals surface area (Å²) >= 11 is 0. The standard InChI is InChI=1S/C32H44FN3O2.2ClH/c1-32(2,3)29-21-35(17-18-36(29)30(37)19-23-13-15-34-16-14-23)31(25-7-5-4-6-8-25)26-11-12-28(27(33)20-26)38-22-24-9-10-24;;/h4-8,11-12,20,23-24,29,31,34H,9-10,13-19,21-22H2,1-3H3;2*1H/t29-,31?;;/m1../s1. The van der Waals surface area contributed by atoms with Crippen LogP contribution < -0.4 is 10.1 Å². The predicted molar refractivity (Wildman–Crippen MR) is 164 cm³/mol. The van der Waals surface area contributed by atoms with Crippen LogP contribution in [0.1, 0.15) is 70.0 Å². The maximum atomic E-state index is 15.2. The van der Waals surface area contributed by atoms with Crippen LogP contribution >= 0.6 is 24.8 Å². The highest BCUT2D eigenvalue weighted by atomic mass is 35.5. The number of piperidine rings is 1. The second kappa shape index (κ2) is 14.4. The van der Waals surface area contributed by atoms with E-state index in [4.69, 9.17) is 4.74 Å². The fourth-order valence-corrected chi connectivity index (χ4v) is 6.07. The summed E-state index contributed by atoms with van der Waals surface area (Å²) in [7, 11) is 0. The number of benzene rings is 2. The molecule has 1 saturated carbocycles. The average Bonchev–Trinajstić information content (AvgIpc) is 3.74. The van der Waals surface area contributed by atoms with Crippen LogP contribution in [0.2, 0.25) is 0 Å². The Hall–Kier alpha value is -1.86. The van der Waals surface area contributed by atoms with Crippen molar-refractivity contribution < 1.29 is 13.9 Å². The zero-order valence-corrected chi connectivity index (χ0v) is 25.7. The van der Waals surface area contributed by atoms with Crippen LogP contribution in [0.4, 0.5) is 4.39 Å². The number of hydrogen-bond acceptors (Lipinski definition) is 4. The molecule has 5 nitrogen and oxygen atoms in total. The second-order valence-electron chi connectivity index (χ2n) is 12.6. The number of rotatable bonds is 8. The van der Waals surface area contributed by atoms with Crippen molar-refractivity contribution in [2.24, 2.45) is 17.3 Å². The summed E-state index contributed by atoms with van der Waals surface area (Å²) in [5, 5.41) is 3.41. The van der Waals surface area contributed by atoms with Crippen LogP contribution in [0.3, 0.4) is 0 Å². The van der Waals surface area contributed by atoms with Crippen molar-refractivity contribution in [3.63, 3.8) is 0 Å². The van der Waals surface area contributed by atoms with Crippen LogP contribution in [-0.4, -0.2) is 61.1 Å². The van der Waals surface area contributed by atoms with Crippen LogP contribution in [0, 0.1) is 23.1 Å². The summed E-state index contributed by atoms with van der Waals surface area (Å²) in [4.78, 5) is 18.2. The summed E-state index contributed by atoms with van der Waals surface area (Å²) in [5.74, 6) is 1.38. The molecule has 0 radical (unpaired) electrons. The van der Waals surface area contributed by atoms with Gasteiger partial charge in [-0.1, -0.05) is 57.2 Å². The number of hydrogen-bond donors (Lipinski definition) is 1. The molecule has 0 bridgehead atoms. The molecule has 5 rings (SSSR count). The van der Waals surface area contributed by atoms with E-state index in [2.05, 4.69) is 48.0 Å². The molecule has 40 heavy (non-hydrogen) atoms. The lowest BCUT2D eigenvalue weighted by atomic mass is 9.82. The van der Waals surface area contributed by atoms with Crippen LogP contribution in [0.15, 0.2) is 48.5 Å². The third-order valence-electron chi connectivity index (χ3n) is 8.58. The SMILES string of the molecule is CC(C)(C)[C@H]1CN(C(c2ccccc2)c2ccc(OCC3CC3)c(F)c2)CCN1C(=O)CC1CCNCC1.Cl.Cl. The third kappa shape index (κ3) is 8.12. The van der Waals surface area contributed by atoms with Gasteiger partial charge in [0.25, 0.3) is 0 Å². The van der Waals surface area contributed by atoms with Gasteiger partial charge in [0.15, 0.2) is 11.6 Å². The van der Waals surface area contributed by atoms with Crippen molar-refractivity contribution in [1.82, 2.24) is 15.1 Å². The number of piperazine rings is 1. The first-order valence-electron chi connectivity index (χ1n) is 14.5. The summed E-state index contributed by atoms with van der Waals surface area (Å²) in [6, 6.07) is 15.8. The largest absolute Gasteiger partial charge is 0.490 e. The van der Waals surface area contributed by atoms with Gasteiger partial charge in [-0.2, -0.15) is 0 Å². The Kier molecular flexibility index (Phi) is 11.7. The normalized spacial score (nSPS) is 21.2. The van der Waals surface area contributed by atoms with E-state index in [0.717, 1.165) is 50.1 Å². The van der Waals surface area contributed by atoms with E-state index in [0.29, 0.717) is 37.2 Å². The van der Waals surface area contributed by atoms with Gasteiger partial charge in [-0.3, -0.25) is 9.69 Å². The molecule has 2 atom stereocenters. The summed E-state index contributed by atoms with van der Waals surface area (Å²) in [6.45, 7) is 11.5. The molecule has 1 unspecified atom stereocenters. The lowest BCUT2D eigenvalue weighted by Crippen LogP contribution is -2.60. The Bertz CT molecular complexity index is 1090. The van der Waals surface area contributed by atoms with Gasteiger partial charge in [0, 0.05) is 32.1 Å². The zero-order chi connectivity index (χ0) is 26.7. The van der Waals surface area contributed by atoms with Gasteiger partial charge in [0.1, 0.15) is 0 Å². The molecule has 0 aromatic heterocycles. The highest BCUT2D eigenvalue weighted by Crippen LogP contribution is 2.37. The molecule has 222 valence electrons. The van der Waals surface area contributed by atoms with Gasteiger partial charge in [-0.15, -0.1) is 24.8 Å². The molecular formula is C32H46Cl2FN3O2. The first kappa shape index (κ1) is 32.7. The molecule has 1 aliphatic carbocycles. The first-order valence-corrected chi connectivity index (χ1v) is 14.5. The van der Waals surface area contributed by atoms with Gasteiger partial charge >= 0.3 is 0 Å². The fraction of sp³-hybridized carbons (Fsp3) is 0.594. The summed E-state index contributed by atoms with van der Waals surface area (Å²) < 4.78 is 21.0. The molecule has 3 aliphatic rings. The van der Waals surface area contributed by atoms with Crippen LogP contribution in [0.5, 0.6) is 5.75 Å². The highest BCUT2D eigenvalue weighted by molar-refractivity contribution is 5.85. The number of nitrogens with zero attached hydrogens (tertiary/aromatic N) is 2. The number of carbonyl (C=O) groups excluding carboxylic acids is 1. The lowest BCUT2D eigenvalue weighted by Gasteiger charge is -2.49. The average molecular weight is 595 g/mol. The Labute approximate surface area is 252 Å².